The molecule has 0 spiro atoms. The molecule has 0 radical (unpaired) electrons. The maximum atomic E-state index is 12.8. The van der Waals surface area contributed by atoms with E-state index in [9.17, 15) is 26.7 Å². The Kier molecular flexibility index (Phi) is 12.5. The molecule has 0 aliphatic carbocycles. The Morgan fingerprint density at radius 3 is 2.00 bits per heavy atom. The zero-order chi connectivity index (χ0) is 20.1. The SMILES string of the molecule is C=CCCCCCC(CCCCCCC(F)(F)C(F)(F)F)C(=O)OCC. The van der Waals surface area contributed by atoms with E-state index in [2.05, 4.69) is 6.58 Å². The standard InChI is InChI=1S/C19H31F5O2/c1-3-5-6-7-10-13-16(17(25)26-4-2)14-11-8-9-12-15-18(20,21)19(22,23)24/h3,16H,1,4-15H2,2H3. The molecular formula is C19H31F5O2. The van der Waals surface area contributed by atoms with Crippen LogP contribution in [0.5, 0.6) is 0 Å². The first-order valence-corrected chi connectivity index (χ1v) is 9.37. The summed E-state index contributed by atoms with van der Waals surface area (Å²) >= 11 is 0. The highest BCUT2D eigenvalue weighted by atomic mass is 19.4. The zero-order valence-corrected chi connectivity index (χ0v) is 15.6. The van der Waals surface area contributed by atoms with E-state index in [-0.39, 0.29) is 18.3 Å². The maximum Gasteiger partial charge on any atom is 0.453 e. The fourth-order valence-corrected chi connectivity index (χ4v) is 2.73. The van der Waals surface area contributed by atoms with Crippen LogP contribution in [-0.2, 0) is 9.53 Å². The summed E-state index contributed by atoms with van der Waals surface area (Å²) in [4.78, 5) is 12.0. The van der Waals surface area contributed by atoms with Gasteiger partial charge in [0.15, 0.2) is 0 Å². The van der Waals surface area contributed by atoms with Crippen molar-refractivity contribution in [2.75, 3.05) is 6.61 Å². The van der Waals surface area contributed by atoms with E-state index < -0.39 is 18.5 Å². The molecule has 26 heavy (non-hydrogen) atoms. The molecule has 0 N–H and O–H groups in total. The number of esters is 1. The number of hydrogen-bond acceptors (Lipinski definition) is 2. The minimum atomic E-state index is -5.48. The lowest BCUT2D eigenvalue weighted by Gasteiger charge is -2.19. The van der Waals surface area contributed by atoms with Crippen molar-refractivity contribution in [1.29, 1.82) is 0 Å². The van der Waals surface area contributed by atoms with Crippen LogP contribution >= 0.6 is 0 Å². The van der Waals surface area contributed by atoms with Crippen molar-refractivity contribution in [2.45, 2.75) is 89.7 Å². The van der Waals surface area contributed by atoms with Gasteiger partial charge in [-0.3, -0.25) is 4.79 Å². The second-order valence-corrected chi connectivity index (χ2v) is 6.53. The molecule has 0 aromatic heterocycles. The predicted molar refractivity (Wildman–Crippen MR) is 92.1 cm³/mol. The van der Waals surface area contributed by atoms with E-state index in [1.54, 1.807) is 6.92 Å². The third kappa shape index (κ3) is 10.8. The quantitative estimate of drug-likeness (QED) is 0.133. The van der Waals surface area contributed by atoms with Crippen LogP contribution in [-0.4, -0.2) is 24.7 Å². The van der Waals surface area contributed by atoms with Crippen LogP contribution in [0, 0.1) is 5.92 Å². The van der Waals surface area contributed by atoms with Gasteiger partial charge in [-0.2, -0.15) is 22.0 Å². The van der Waals surface area contributed by atoms with Crippen LogP contribution in [0.15, 0.2) is 12.7 Å². The minimum absolute atomic E-state index is 0.182. The van der Waals surface area contributed by atoms with Crippen molar-refractivity contribution in [1.82, 2.24) is 0 Å². The molecule has 0 saturated heterocycles. The summed E-state index contributed by atoms with van der Waals surface area (Å²) in [5.74, 6) is -5.10. The minimum Gasteiger partial charge on any atom is -0.466 e. The normalized spacial score (nSPS) is 13.5. The molecule has 0 aromatic carbocycles. The van der Waals surface area contributed by atoms with Gasteiger partial charge in [-0.05, 0) is 39.0 Å². The van der Waals surface area contributed by atoms with Crippen molar-refractivity contribution in [3.63, 3.8) is 0 Å². The molecule has 0 fully saturated rings. The lowest BCUT2D eigenvalue weighted by molar-refractivity contribution is -0.284. The average molecular weight is 386 g/mol. The lowest BCUT2D eigenvalue weighted by Crippen LogP contribution is -2.36. The first-order valence-electron chi connectivity index (χ1n) is 9.37. The maximum absolute atomic E-state index is 12.8. The molecule has 0 heterocycles. The van der Waals surface area contributed by atoms with E-state index in [0.29, 0.717) is 38.7 Å². The van der Waals surface area contributed by atoms with Crippen molar-refractivity contribution in [2.24, 2.45) is 5.92 Å². The molecule has 0 aromatic rings. The van der Waals surface area contributed by atoms with Gasteiger partial charge in [0.25, 0.3) is 0 Å². The molecule has 0 bridgehead atoms. The average Bonchev–Trinajstić information content (AvgIpc) is 2.54. The Hall–Kier alpha value is -1.14. The van der Waals surface area contributed by atoms with Gasteiger partial charge in [0.05, 0.1) is 12.5 Å². The number of alkyl halides is 5. The summed E-state index contributed by atoms with van der Waals surface area (Å²) in [5.41, 5.74) is 0. The van der Waals surface area contributed by atoms with E-state index in [4.69, 9.17) is 4.74 Å². The van der Waals surface area contributed by atoms with E-state index >= 15 is 0 Å². The van der Waals surface area contributed by atoms with Gasteiger partial charge in [-0.25, -0.2) is 0 Å². The number of carbonyl (C=O) groups excluding carboxylic acids is 1. The largest absolute Gasteiger partial charge is 0.466 e. The summed E-state index contributed by atoms with van der Waals surface area (Å²) in [6, 6.07) is 0. The summed E-state index contributed by atoms with van der Waals surface area (Å²) in [7, 11) is 0. The Bertz CT molecular complexity index is 394. The van der Waals surface area contributed by atoms with Gasteiger partial charge in [-0.15, -0.1) is 6.58 Å². The van der Waals surface area contributed by atoms with E-state index in [1.165, 1.54) is 0 Å². The molecule has 0 aliphatic rings. The molecule has 0 rings (SSSR count). The first kappa shape index (κ1) is 24.9. The molecule has 0 saturated carbocycles. The zero-order valence-electron chi connectivity index (χ0n) is 15.6. The fraction of sp³-hybridized carbons (Fsp3) is 0.842. The number of unbranched alkanes of at least 4 members (excludes halogenated alkanes) is 6. The van der Waals surface area contributed by atoms with E-state index in [1.807, 2.05) is 6.08 Å². The molecule has 154 valence electrons. The Morgan fingerprint density at radius 1 is 0.962 bits per heavy atom. The summed E-state index contributed by atoms with van der Waals surface area (Å²) < 4.78 is 66.8. The lowest BCUT2D eigenvalue weighted by atomic mass is 9.94. The molecule has 0 aliphatic heterocycles. The predicted octanol–water partition coefficient (Wildman–Crippen LogP) is 6.84. The van der Waals surface area contributed by atoms with Gasteiger partial charge in [0.1, 0.15) is 0 Å². The highest BCUT2D eigenvalue weighted by Gasteiger charge is 2.56. The van der Waals surface area contributed by atoms with Crippen molar-refractivity contribution >= 4 is 5.97 Å². The van der Waals surface area contributed by atoms with Gasteiger partial charge in [0.2, 0.25) is 0 Å². The molecule has 1 atom stereocenters. The number of carbonyl (C=O) groups is 1. The number of ether oxygens (including phenoxy) is 1. The Labute approximate surface area is 153 Å². The van der Waals surface area contributed by atoms with Gasteiger partial charge in [0, 0.05) is 6.42 Å². The van der Waals surface area contributed by atoms with Crippen molar-refractivity contribution in [3.8, 4) is 0 Å². The van der Waals surface area contributed by atoms with Gasteiger partial charge in [-0.1, -0.05) is 38.2 Å². The Morgan fingerprint density at radius 2 is 1.50 bits per heavy atom. The fourth-order valence-electron chi connectivity index (χ4n) is 2.73. The molecule has 0 amide bonds. The highest BCUT2D eigenvalue weighted by molar-refractivity contribution is 5.72. The van der Waals surface area contributed by atoms with Crippen LogP contribution in [0.4, 0.5) is 22.0 Å². The van der Waals surface area contributed by atoms with Crippen LogP contribution < -0.4 is 0 Å². The molecule has 1 unspecified atom stereocenters. The monoisotopic (exact) mass is 386 g/mol. The van der Waals surface area contributed by atoms with Crippen molar-refractivity contribution < 1.29 is 31.5 Å². The third-order valence-corrected chi connectivity index (χ3v) is 4.29. The second-order valence-electron chi connectivity index (χ2n) is 6.53. The van der Waals surface area contributed by atoms with Crippen molar-refractivity contribution in [3.05, 3.63) is 12.7 Å². The highest BCUT2D eigenvalue weighted by Crippen LogP contribution is 2.39. The summed E-state index contributed by atoms with van der Waals surface area (Å²) in [6.07, 6.45) is 1.59. The van der Waals surface area contributed by atoms with Crippen LogP contribution in [0.3, 0.4) is 0 Å². The topological polar surface area (TPSA) is 26.3 Å². The van der Waals surface area contributed by atoms with Crippen LogP contribution in [0.1, 0.15) is 77.6 Å². The number of hydrogen-bond donors (Lipinski definition) is 0. The second kappa shape index (κ2) is 13.1. The summed E-state index contributed by atoms with van der Waals surface area (Å²) in [5, 5.41) is 0. The third-order valence-electron chi connectivity index (χ3n) is 4.29. The number of halogens is 5. The van der Waals surface area contributed by atoms with Gasteiger partial charge >= 0.3 is 18.1 Å². The number of rotatable bonds is 15. The van der Waals surface area contributed by atoms with Gasteiger partial charge < -0.3 is 4.74 Å². The molecule has 2 nitrogen and oxygen atoms in total. The first-order chi connectivity index (χ1) is 12.2. The van der Waals surface area contributed by atoms with E-state index in [0.717, 1.165) is 25.7 Å². The van der Waals surface area contributed by atoms with Crippen LogP contribution in [0.25, 0.3) is 0 Å². The smallest absolute Gasteiger partial charge is 0.453 e. The number of allylic oxidation sites excluding steroid dienone is 1. The summed E-state index contributed by atoms with van der Waals surface area (Å²) in [6.45, 7) is 5.70. The van der Waals surface area contributed by atoms with Crippen LogP contribution in [0.2, 0.25) is 0 Å². The molecule has 7 heteroatoms. The Balaban J connectivity index is 4.08. The molecular weight excluding hydrogens is 355 g/mol.